The molecule has 0 bridgehead atoms. The Hall–Kier alpha value is -1.66. The Kier molecular flexibility index (Phi) is 2.45. The van der Waals surface area contributed by atoms with Gasteiger partial charge in [-0.2, -0.15) is 0 Å². The van der Waals surface area contributed by atoms with Gasteiger partial charge in [0, 0.05) is 6.20 Å². The Morgan fingerprint density at radius 2 is 2.41 bits per heavy atom. The number of fused-ring (bicyclic) bond motifs is 1. The van der Waals surface area contributed by atoms with Crippen LogP contribution in [0.25, 0.3) is 11.0 Å². The maximum Gasteiger partial charge on any atom is 0.145 e. The van der Waals surface area contributed by atoms with Crippen LogP contribution in [0.15, 0.2) is 18.6 Å². The number of hydrogen-bond donors (Lipinski definition) is 2. The van der Waals surface area contributed by atoms with Gasteiger partial charge in [-0.1, -0.05) is 0 Å². The smallest absolute Gasteiger partial charge is 0.145 e. The van der Waals surface area contributed by atoms with Crippen molar-refractivity contribution in [1.29, 1.82) is 0 Å². The van der Waals surface area contributed by atoms with Crippen LogP contribution in [0, 0.1) is 0 Å². The standard InChI is InChI=1S/C11H14N4O2/c12-10-9-1-2-15(11(9)14-6-13-10)7-3-8(4-16)17-5-7/h1-2,6-8,16H,3-5H2,(H2,12,13,14). The summed E-state index contributed by atoms with van der Waals surface area (Å²) in [5, 5.41) is 9.92. The quantitative estimate of drug-likeness (QED) is 0.782. The van der Waals surface area contributed by atoms with Gasteiger partial charge in [-0.05, 0) is 12.5 Å². The van der Waals surface area contributed by atoms with Crippen molar-refractivity contribution in [2.24, 2.45) is 0 Å². The van der Waals surface area contributed by atoms with E-state index in [0.29, 0.717) is 12.4 Å². The van der Waals surface area contributed by atoms with E-state index in [4.69, 9.17) is 15.6 Å². The molecule has 3 rings (SSSR count). The molecule has 0 aromatic carbocycles. The van der Waals surface area contributed by atoms with Crippen LogP contribution in [-0.4, -0.2) is 39.0 Å². The Balaban J connectivity index is 1.99. The van der Waals surface area contributed by atoms with E-state index in [-0.39, 0.29) is 18.8 Å². The first-order valence-corrected chi connectivity index (χ1v) is 5.59. The molecule has 2 unspecified atom stereocenters. The molecule has 0 amide bonds. The number of nitrogens with two attached hydrogens (primary N) is 1. The van der Waals surface area contributed by atoms with E-state index in [2.05, 4.69) is 9.97 Å². The highest BCUT2D eigenvalue weighted by Crippen LogP contribution is 2.28. The fourth-order valence-corrected chi connectivity index (χ4v) is 2.29. The number of aliphatic hydroxyl groups excluding tert-OH is 1. The van der Waals surface area contributed by atoms with E-state index in [1.54, 1.807) is 0 Å². The number of aromatic nitrogens is 3. The van der Waals surface area contributed by atoms with Crippen LogP contribution in [0.3, 0.4) is 0 Å². The number of ether oxygens (including phenoxy) is 1. The summed E-state index contributed by atoms with van der Waals surface area (Å²) in [7, 11) is 0. The van der Waals surface area contributed by atoms with Gasteiger partial charge in [0.2, 0.25) is 0 Å². The van der Waals surface area contributed by atoms with Crippen LogP contribution in [0.2, 0.25) is 0 Å². The monoisotopic (exact) mass is 234 g/mol. The third-order valence-corrected chi connectivity index (χ3v) is 3.20. The van der Waals surface area contributed by atoms with E-state index >= 15 is 0 Å². The zero-order chi connectivity index (χ0) is 11.8. The van der Waals surface area contributed by atoms with Gasteiger partial charge in [0.15, 0.2) is 0 Å². The number of anilines is 1. The second kappa shape index (κ2) is 3.97. The predicted molar refractivity (Wildman–Crippen MR) is 62.4 cm³/mol. The number of hydrogen-bond acceptors (Lipinski definition) is 5. The Morgan fingerprint density at radius 3 is 3.18 bits per heavy atom. The van der Waals surface area contributed by atoms with E-state index in [1.165, 1.54) is 6.33 Å². The predicted octanol–water partition coefficient (Wildman–Crippen LogP) is 0.336. The average Bonchev–Trinajstić information content (AvgIpc) is 2.94. The molecular formula is C11H14N4O2. The van der Waals surface area contributed by atoms with Crippen molar-refractivity contribution in [3.8, 4) is 0 Å². The molecule has 2 aromatic rings. The van der Waals surface area contributed by atoms with Crippen molar-refractivity contribution in [3.63, 3.8) is 0 Å². The second-order valence-electron chi connectivity index (χ2n) is 4.25. The van der Waals surface area contributed by atoms with E-state index in [0.717, 1.165) is 17.5 Å². The minimum absolute atomic E-state index is 0.0623. The third kappa shape index (κ3) is 1.65. The molecule has 0 radical (unpaired) electrons. The van der Waals surface area contributed by atoms with Crippen molar-refractivity contribution < 1.29 is 9.84 Å². The molecule has 2 atom stereocenters. The molecule has 1 aliphatic rings. The fourth-order valence-electron chi connectivity index (χ4n) is 2.29. The SMILES string of the molecule is Nc1ncnc2c1ccn2C1COC(CO)C1. The molecule has 6 heteroatoms. The van der Waals surface area contributed by atoms with Crippen LogP contribution in [0.5, 0.6) is 0 Å². The Labute approximate surface area is 98.0 Å². The summed E-state index contributed by atoms with van der Waals surface area (Å²) in [4.78, 5) is 8.21. The summed E-state index contributed by atoms with van der Waals surface area (Å²) in [6, 6.07) is 2.12. The topological polar surface area (TPSA) is 86.2 Å². The molecule has 0 aliphatic carbocycles. The molecule has 3 heterocycles. The molecule has 90 valence electrons. The van der Waals surface area contributed by atoms with Gasteiger partial charge >= 0.3 is 0 Å². The third-order valence-electron chi connectivity index (χ3n) is 3.20. The molecule has 3 N–H and O–H groups in total. The number of nitrogens with zero attached hydrogens (tertiary/aromatic N) is 3. The lowest BCUT2D eigenvalue weighted by atomic mass is 10.2. The highest BCUT2D eigenvalue weighted by atomic mass is 16.5. The van der Waals surface area contributed by atoms with Gasteiger partial charge in [-0.3, -0.25) is 0 Å². The van der Waals surface area contributed by atoms with Gasteiger partial charge in [-0.25, -0.2) is 9.97 Å². The molecule has 0 spiro atoms. The fraction of sp³-hybridized carbons (Fsp3) is 0.455. The summed E-state index contributed by atoms with van der Waals surface area (Å²) >= 11 is 0. The first kappa shape index (κ1) is 10.5. The molecular weight excluding hydrogens is 220 g/mol. The minimum Gasteiger partial charge on any atom is -0.394 e. The molecule has 2 aromatic heterocycles. The van der Waals surface area contributed by atoms with Gasteiger partial charge in [0.1, 0.15) is 17.8 Å². The van der Waals surface area contributed by atoms with Gasteiger partial charge in [0.05, 0.1) is 30.7 Å². The highest BCUT2D eigenvalue weighted by Gasteiger charge is 2.27. The summed E-state index contributed by atoms with van der Waals surface area (Å²) in [6.45, 7) is 0.658. The molecule has 1 saturated heterocycles. The van der Waals surface area contributed by atoms with Gasteiger partial charge in [-0.15, -0.1) is 0 Å². The number of rotatable bonds is 2. The molecule has 1 aliphatic heterocycles. The normalized spacial score (nSPS) is 24.5. The van der Waals surface area contributed by atoms with Crippen LogP contribution >= 0.6 is 0 Å². The van der Waals surface area contributed by atoms with Crippen molar-refractivity contribution in [1.82, 2.24) is 14.5 Å². The first-order chi connectivity index (χ1) is 8.29. The summed E-state index contributed by atoms with van der Waals surface area (Å²) in [6.07, 6.45) is 4.14. The van der Waals surface area contributed by atoms with Gasteiger partial charge in [0.25, 0.3) is 0 Å². The van der Waals surface area contributed by atoms with Crippen LogP contribution in [-0.2, 0) is 4.74 Å². The second-order valence-corrected chi connectivity index (χ2v) is 4.25. The number of aliphatic hydroxyl groups is 1. The van der Waals surface area contributed by atoms with Crippen LogP contribution in [0.1, 0.15) is 12.5 Å². The summed E-state index contributed by atoms with van der Waals surface area (Å²) in [5.74, 6) is 0.492. The van der Waals surface area contributed by atoms with E-state index < -0.39 is 0 Å². The summed E-state index contributed by atoms with van der Waals surface area (Å²) < 4.78 is 7.52. The largest absolute Gasteiger partial charge is 0.394 e. The number of nitrogen functional groups attached to an aromatic ring is 1. The first-order valence-electron chi connectivity index (χ1n) is 5.59. The maximum absolute atomic E-state index is 9.06. The lowest BCUT2D eigenvalue weighted by Crippen LogP contribution is -2.11. The molecule has 6 nitrogen and oxygen atoms in total. The van der Waals surface area contributed by atoms with Crippen molar-refractivity contribution in [2.75, 3.05) is 18.9 Å². The van der Waals surface area contributed by atoms with Crippen LogP contribution < -0.4 is 5.73 Å². The average molecular weight is 234 g/mol. The zero-order valence-corrected chi connectivity index (χ0v) is 9.28. The lowest BCUT2D eigenvalue weighted by molar-refractivity contribution is 0.0576. The summed E-state index contributed by atoms with van der Waals surface area (Å²) in [5.41, 5.74) is 6.61. The van der Waals surface area contributed by atoms with Crippen molar-refractivity contribution in [2.45, 2.75) is 18.6 Å². The van der Waals surface area contributed by atoms with E-state index in [9.17, 15) is 0 Å². The van der Waals surface area contributed by atoms with Gasteiger partial charge < -0.3 is 20.1 Å². The maximum atomic E-state index is 9.06. The molecule has 1 fully saturated rings. The van der Waals surface area contributed by atoms with Crippen molar-refractivity contribution >= 4 is 16.9 Å². The Bertz CT molecular complexity index is 539. The zero-order valence-electron chi connectivity index (χ0n) is 9.28. The van der Waals surface area contributed by atoms with Crippen LogP contribution in [0.4, 0.5) is 5.82 Å². The highest BCUT2D eigenvalue weighted by molar-refractivity contribution is 5.86. The minimum atomic E-state index is -0.0726. The van der Waals surface area contributed by atoms with Crippen molar-refractivity contribution in [3.05, 3.63) is 18.6 Å². The molecule has 17 heavy (non-hydrogen) atoms. The van der Waals surface area contributed by atoms with E-state index in [1.807, 2.05) is 16.8 Å². The molecule has 0 saturated carbocycles. The lowest BCUT2D eigenvalue weighted by Gasteiger charge is -2.11. The Morgan fingerprint density at radius 1 is 1.53 bits per heavy atom.